The first-order valence-electron chi connectivity index (χ1n) is 17.9. The Morgan fingerprint density at radius 2 is 1.71 bits per heavy atom. The van der Waals surface area contributed by atoms with Gasteiger partial charge in [-0.05, 0) is 100 Å². The maximum atomic E-state index is 14.3. The van der Waals surface area contributed by atoms with Crippen molar-refractivity contribution in [1.29, 1.82) is 0 Å². The van der Waals surface area contributed by atoms with E-state index in [-0.39, 0.29) is 35.1 Å². The van der Waals surface area contributed by atoms with Gasteiger partial charge in [-0.2, -0.15) is 0 Å². The highest BCUT2D eigenvalue weighted by molar-refractivity contribution is 5.86. The zero-order valence-electron chi connectivity index (χ0n) is 29.0. The minimum Gasteiger partial charge on any atom is -0.398 e. The van der Waals surface area contributed by atoms with Crippen LogP contribution in [0.3, 0.4) is 0 Å². The lowest BCUT2D eigenvalue weighted by molar-refractivity contribution is -0.144. The van der Waals surface area contributed by atoms with Gasteiger partial charge in [-0.25, -0.2) is 0 Å². The van der Waals surface area contributed by atoms with E-state index in [0.717, 1.165) is 66.6 Å². The van der Waals surface area contributed by atoms with Crippen LogP contribution in [0.5, 0.6) is 0 Å². The van der Waals surface area contributed by atoms with Gasteiger partial charge in [0.2, 0.25) is 11.8 Å². The number of benzene rings is 1. The maximum Gasteiger partial charge on any atom is 0.251 e. The standard InChI is InChI=1S/C38H53N7O3/c1-26-22-38(2,24-30(25-39)35(26)40)23-29(37(48)45-18-16-43(17-19-45)31-10-12-42(3)13-11-31)21-34(46)44-14-8-27(9-15-44)32-20-28-6-4-5-7-33(28)41-36(32)47/h4-7,20,22,25,27,29,31,39H,8-19,21,23-24,40H2,1-3H3,(H,41,47)/p+1. The van der Waals surface area contributed by atoms with Crippen molar-refractivity contribution >= 4 is 28.9 Å². The number of pyridine rings is 1. The van der Waals surface area contributed by atoms with E-state index in [4.69, 9.17) is 11.1 Å². The Hall–Kier alpha value is -3.76. The van der Waals surface area contributed by atoms with E-state index in [1.807, 2.05) is 47.1 Å². The van der Waals surface area contributed by atoms with Crippen LogP contribution in [0.1, 0.15) is 70.3 Å². The summed E-state index contributed by atoms with van der Waals surface area (Å²) in [6.07, 6.45) is 8.93. The summed E-state index contributed by atoms with van der Waals surface area (Å²) < 4.78 is 0. The summed E-state index contributed by atoms with van der Waals surface area (Å²) in [6, 6.07) is 10.4. The Balaban J connectivity index is 1.13. The highest BCUT2D eigenvalue weighted by Gasteiger charge is 2.39. The number of para-hydroxylation sites is 1. The van der Waals surface area contributed by atoms with Crippen molar-refractivity contribution < 1.29 is 15.0 Å². The molecule has 0 saturated carbocycles. The van der Waals surface area contributed by atoms with Crippen molar-refractivity contribution in [3.63, 3.8) is 0 Å². The Morgan fingerprint density at radius 3 is 2.40 bits per heavy atom. The molecule has 48 heavy (non-hydrogen) atoms. The summed E-state index contributed by atoms with van der Waals surface area (Å²) >= 11 is 0. The lowest BCUT2D eigenvalue weighted by atomic mass is 9.71. The fourth-order valence-corrected chi connectivity index (χ4v) is 8.70. The second-order valence-electron chi connectivity index (χ2n) is 15.1. The van der Waals surface area contributed by atoms with Crippen LogP contribution >= 0.6 is 0 Å². The summed E-state index contributed by atoms with van der Waals surface area (Å²) in [4.78, 5) is 53.1. The third kappa shape index (κ3) is 7.44. The van der Waals surface area contributed by atoms with Gasteiger partial charge in [0.15, 0.2) is 6.21 Å². The van der Waals surface area contributed by atoms with Crippen LogP contribution < -0.4 is 16.7 Å². The molecule has 1 aromatic carbocycles. The molecule has 4 heterocycles. The van der Waals surface area contributed by atoms with Crippen LogP contribution in [0.4, 0.5) is 0 Å². The molecule has 2 amide bonds. The van der Waals surface area contributed by atoms with E-state index in [9.17, 15) is 14.4 Å². The number of fused-ring (bicyclic) bond motifs is 1. The quantitative estimate of drug-likeness (QED) is 0.374. The number of piperazine rings is 1. The molecule has 2 aromatic rings. The van der Waals surface area contributed by atoms with E-state index in [1.54, 1.807) is 6.21 Å². The number of allylic oxidation sites excluding steroid dienone is 3. The van der Waals surface area contributed by atoms with Crippen LogP contribution in [0.2, 0.25) is 0 Å². The number of nitrogens with one attached hydrogen (secondary N) is 1. The minimum atomic E-state index is -0.444. The van der Waals surface area contributed by atoms with Crippen molar-refractivity contribution in [2.45, 2.75) is 70.8 Å². The first kappa shape index (κ1) is 34.1. The molecular formula is C38H54N7O3+. The van der Waals surface area contributed by atoms with Gasteiger partial charge in [-0.1, -0.05) is 31.2 Å². The summed E-state index contributed by atoms with van der Waals surface area (Å²) in [6.45, 7) is 10.7. The molecule has 10 heteroatoms. The van der Waals surface area contributed by atoms with Gasteiger partial charge in [-0.3, -0.25) is 24.7 Å². The highest BCUT2D eigenvalue weighted by Crippen LogP contribution is 2.41. The maximum absolute atomic E-state index is 14.3. The number of aromatic nitrogens is 1. The van der Waals surface area contributed by atoms with Crippen LogP contribution in [-0.2, 0) is 9.59 Å². The topological polar surface area (TPSA) is 132 Å². The number of nitrogens with zero attached hydrogens (tertiary/aromatic N) is 4. The number of H-pyrrole nitrogens is 1. The lowest BCUT2D eigenvalue weighted by Crippen LogP contribution is -2.55. The fraction of sp³-hybridized carbons (Fsp3) is 0.579. The summed E-state index contributed by atoms with van der Waals surface area (Å²) in [7, 11) is 2.19. The SMILES string of the molecule is CC1=CC(C)(CC(CC(=O)N2CCC(c3cc4ccccc4[nH]c3=O)CC2)C(=O)N2CCN(C3CCN(C)CC3)CC2)CC(C=[NH2+])=C1N. The van der Waals surface area contributed by atoms with Crippen LogP contribution in [0.25, 0.3) is 10.9 Å². The fourth-order valence-electron chi connectivity index (χ4n) is 8.70. The summed E-state index contributed by atoms with van der Waals surface area (Å²) in [5.41, 5.74) is 10.1. The normalized spacial score (nSPS) is 24.5. The Kier molecular flexibility index (Phi) is 10.2. The molecular weight excluding hydrogens is 602 g/mol. The van der Waals surface area contributed by atoms with E-state index < -0.39 is 5.92 Å². The number of amides is 2. The molecule has 6 rings (SSSR count). The molecule has 2 atom stereocenters. The Labute approximate surface area is 284 Å². The van der Waals surface area contributed by atoms with E-state index in [0.29, 0.717) is 50.8 Å². The van der Waals surface area contributed by atoms with Crippen molar-refractivity contribution in [1.82, 2.24) is 24.6 Å². The van der Waals surface area contributed by atoms with E-state index in [2.05, 4.69) is 34.8 Å². The largest absolute Gasteiger partial charge is 0.398 e. The number of nitrogens with two attached hydrogens (primary N) is 2. The predicted molar refractivity (Wildman–Crippen MR) is 190 cm³/mol. The Morgan fingerprint density at radius 1 is 1.02 bits per heavy atom. The van der Waals surface area contributed by atoms with Gasteiger partial charge in [0, 0.05) is 80.0 Å². The van der Waals surface area contributed by atoms with Crippen molar-refractivity contribution in [3.8, 4) is 0 Å². The number of carbonyl (C=O) groups is 2. The molecule has 3 aliphatic heterocycles. The monoisotopic (exact) mass is 656 g/mol. The first-order chi connectivity index (χ1) is 23.0. The smallest absolute Gasteiger partial charge is 0.251 e. The number of rotatable bonds is 8. The highest BCUT2D eigenvalue weighted by atomic mass is 16.2. The minimum absolute atomic E-state index is 0.0185. The lowest BCUT2D eigenvalue weighted by Gasteiger charge is -2.43. The van der Waals surface area contributed by atoms with Crippen LogP contribution in [0, 0.1) is 11.3 Å². The van der Waals surface area contributed by atoms with E-state index in [1.165, 1.54) is 12.8 Å². The zero-order chi connectivity index (χ0) is 34.0. The van der Waals surface area contributed by atoms with Crippen LogP contribution in [-0.4, -0.2) is 108 Å². The molecule has 4 aliphatic rings. The molecule has 3 fully saturated rings. The zero-order valence-corrected chi connectivity index (χ0v) is 29.0. The second kappa shape index (κ2) is 14.4. The van der Waals surface area contributed by atoms with Gasteiger partial charge in [0.1, 0.15) is 0 Å². The van der Waals surface area contributed by atoms with Crippen molar-refractivity contribution in [3.05, 3.63) is 69.2 Å². The van der Waals surface area contributed by atoms with Gasteiger partial charge >= 0.3 is 0 Å². The molecule has 0 spiro atoms. The molecule has 3 saturated heterocycles. The van der Waals surface area contributed by atoms with Gasteiger partial charge in [0.05, 0.1) is 0 Å². The number of hydrogen-bond donors (Lipinski definition) is 3. The average molecular weight is 657 g/mol. The molecule has 2 unspecified atom stereocenters. The molecule has 0 bridgehead atoms. The molecule has 10 nitrogen and oxygen atoms in total. The Bertz CT molecular complexity index is 1640. The van der Waals surface area contributed by atoms with Crippen molar-refractivity contribution in [2.75, 3.05) is 59.4 Å². The van der Waals surface area contributed by atoms with E-state index >= 15 is 0 Å². The number of aromatic amines is 1. The predicted octanol–water partition coefficient (Wildman–Crippen LogP) is 2.27. The first-order valence-corrected chi connectivity index (χ1v) is 17.9. The van der Waals surface area contributed by atoms with Gasteiger partial charge < -0.3 is 25.4 Å². The summed E-state index contributed by atoms with van der Waals surface area (Å²) in [5.74, 6) is -0.249. The molecule has 1 aliphatic carbocycles. The molecule has 5 N–H and O–H groups in total. The summed E-state index contributed by atoms with van der Waals surface area (Å²) in [5, 5.41) is 7.00. The van der Waals surface area contributed by atoms with Crippen molar-refractivity contribution in [2.24, 2.45) is 17.1 Å². The second-order valence-corrected chi connectivity index (χ2v) is 15.1. The molecule has 258 valence electrons. The molecule has 1 aromatic heterocycles. The van der Waals surface area contributed by atoms with Gasteiger partial charge in [0.25, 0.3) is 5.56 Å². The third-order valence-electron chi connectivity index (χ3n) is 11.5. The van der Waals surface area contributed by atoms with Crippen LogP contribution in [0.15, 0.2) is 58.0 Å². The number of likely N-dealkylation sites (tertiary alicyclic amines) is 2. The third-order valence-corrected chi connectivity index (χ3v) is 11.5. The number of piperidine rings is 2. The van der Waals surface area contributed by atoms with Gasteiger partial charge in [-0.15, -0.1) is 0 Å². The number of carbonyl (C=O) groups excluding carboxylic acids is 2. The average Bonchev–Trinajstić information content (AvgIpc) is 3.09. The molecule has 0 radical (unpaired) electrons. The number of hydrogen-bond acceptors (Lipinski definition) is 6.